The van der Waals surface area contributed by atoms with Crippen molar-refractivity contribution in [3.63, 3.8) is 0 Å². The van der Waals surface area contributed by atoms with Crippen LogP contribution in [0, 0.1) is 0 Å². The van der Waals surface area contributed by atoms with Crippen LogP contribution >= 0.6 is 0 Å². The SMILES string of the molecule is CCCC[O-].CCCC[O-].CCCC[O-].CCCC[O-].CCCC[O-].CCCC[O-].[W]. The Morgan fingerprint density at radius 3 is 0.387 bits per heavy atom. The van der Waals surface area contributed by atoms with Gasteiger partial charge in [-0.1, -0.05) is 119 Å². The van der Waals surface area contributed by atoms with E-state index in [1.165, 1.54) is 0 Å². The third-order valence-corrected chi connectivity index (χ3v) is 2.99. The van der Waals surface area contributed by atoms with Crippen molar-refractivity contribution in [1.29, 1.82) is 0 Å². The Morgan fingerprint density at radius 1 is 0.290 bits per heavy atom. The molecule has 0 saturated carbocycles. The predicted octanol–water partition coefficient (Wildman–Crippen LogP) is 0.878. The molecule has 31 heavy (non-hydrogen) atoms. The average Bonchev–Trinajstić information content (AvgIpc) is 2.74. The topological polar surface area (TPSA) is 138 Å². The molecular weight excluding hydrogens is 568 g/mol. The molecule has 0 aliphatic heterocycles. The van der Waals surface area contributed by atoms with Gasteiger partial charge in [0.15, 0.2) is 0 Å². The van der Waals surface area contributed by atoms with E-state index in [-0.39, 0.29) is 60.7 Å². The molecule has 0 amide bonds. The van der Waals surface area contributed by atoms with Crippen LogP contribution < -0.4 is 30.6 Å². The molecule has 0 radical (unpaired) electrons. The first-order valence-electron chi connectivity index (χ1n) is 12.0. The van der Waals surface area contributed by atoms with Gasteiger partial charge in [-0.15, -0.1) is 39.6 Å². The van der Waals surface area contributed by atoms with Gasteiger partial charge in [-0.2, -0.15) is 0 Å². The zero-order valence-electron chi connectivity index (χ0n) is 21.6. The summed E-state index contributed by atoms with van der Waals surface area (Å²) in [6.45, 7) is 12.6. The molecule has 0 saturated heterocycles. The van der Waals surface area contributed by atoms with Gasteiger partial charge in [0.25, 0.3) is 0 Å². The summed E-state index contributed by atoms with van der Waals surface area (Å²) in [6, 6.07) is 0. The van der Waals surface area contributed by atoms with Gasteiger partial charge in [0.05, 0.1) is 0 Å². The largest absolute Gasteiger partial charge is 0.854 e. The third kappa shape index (κ3) is 159. The molecule has 0 bridgehead atoms. The summed E-state index contributed by atoms with van der Waals surface area (Å²) >= 11 is 0. The number of rotatable bonds is 12. The second kappa shape index (κ2) is 77.6. The van der Waals surface area contributed by atoms with Gasteiger partial charge in [-0.05, 0) is 0 Å². The summed E-state index contributed by atoms with van der Waals surface area (Å²) in [5.74, 6) is 0. The maximum atomic E-state index is 9.53. The molecule has 0 rings (SSSR count). The fraction of sp³-hybridized carbons (Fsp3) is 1.00. The van der Waals surface area contributed by atoms with Crippen LogP contribution in [0.2, 0.25) is 0 Å². The van der Waals surface area contributed by atoms with Crippen molar-refractivity contribution in [2.45, 2.75) is 119 Å². The summed E-state index contributed by atoms with van der Waals surface area (Å²) < 4.78 is 0. The average molecular weight is 623 g/mol. The second-order valence-corrected chi connectivity index (χ2v) is 6.35. The predicted molar refractivity (Wildman–Crippen MR) is 119 cm³/mol. The molecule has 0 N–H and O–H groups in total. The Labute approximate surface area is 209 Å². The van der Waals surface area contributed by atoms with Crippen molar-refractivity contribution in [2.24, 2.45) is 0 Å². The van der Waals surface area contributed by atoms with Crippen molar-refractivity contribution >= 4 is 0 Å². The van der Waals surface area contributed by atoms with Crippen LogP contribution in [-0.2, 0) is 21.1 Å². The molecule has 7 heteroatoms. The molecule has 0 atom stereocenters. The quantitative estimate of drug-likeness (QED) is 0.317. The first kappa shape index (κ1) is 48.8. The summed E-state index contributed by atoms with van der Waals surface area (Å²) in [5, 5.41) is 57.2. The Morgan fingerprint density at radius 2 is 0.387 bits per heavy atom. The van der Waals surface area contributed by atoms with E-state index >= 15 is 0 Å². The van der Waals surface area contributed by atoms with Crippen LogP contribution in [0.1, 0.15) is 119 Å². The van der Waals surface area contributed by atoms with E-state index in [9.17, 15) is 30.6 Å². The molecule has 0 aliphatic rings. The summed E-state index contributed by atoms with van der Waals surface area (Å²) in [5.41, 5.74) is 0. The molecule has 198 valence electrons. The van der Waals surface area contributed by atoms with Crippen molar-refractivity contribution in [3.05, 3.63) is 0 Å². The molecule has 0 spiro atoms. The van der Waals surface area contributed by atoms with Gasteiger partial charge in [0, 0.05) is 21.1 Å². The standard InChI is InChI=1S/6C4H9O.W/c6*1-2-3-4-5;/h6*2-4H2,1H3;/q6*-1;. The van der Waals surface area contributed by atoms with E-state index in [1.54, 1.807) is 0 Å². The van der Waals surface area contributed by atoms with Gasteiger partial charge in [0.2, 0.25) is 0 Å². The van der Waals surface area contributed by atoms with E-state index in [1.807, 2.05) is 41.5 Å². The smallest absolute Gasteiger partial charge is 0 e. The van der Waals surface area contributed by atoms with Crippen LogP contribution in [-0.4, -0.2) is 39.6 Å². The normalized spacial score (nSPS) is 8.13. The van der Waals surface area contributed by atoms with Crippen LogP contribution in [0.3, 0.4) is 0 Å². The molecule has 6 nitrogen and oxygen atoms in total. The minimum Gasteiger partial charge on any atom is -0.854 e. The molecule has 0 aliphatic carbocycles. The Kier molecular flexibility index (Phi) is 122. The van der Waals surface area contributed by atoms with Crippen molar-refractivity contribution in [2.75, 3.05) is 39.6 Å². The van der Waals surface area contributed by atoms with E-state index in [4.69, 9.17) is 0 Å². The second-order valence-electron chi connectivity index (χ2n) is 6.35. The first-order valence-corrected chi connectivity index (χ1v) is 12.0. The van der Waals surface area contributed by atoms with Gasteiger partial charge in [-0.25, -0.2) is 0 Å². The molecule has 0 aromatic rings. The van der Waals surface area contributed by atoms with E-state index in [2.05, 4.69) is 0 Å². The molecular formula is C24H54O6W-6. The molecule has 0 unspecified atom stereocenters. The fourth-order valence-electron chi connectivity index (χ4n) is 0.866. The van der Waals surface area contributed by atoms with Gasteiger partial charge in [0.1, 0.15) is 0 Å². The van der Waals surface area contributed by atoms with Gasteiger partial charge >= 0.3 is 0 Å². The third-order valence-electron chi connectivity index (χ3n) is 2.99. The van der Waals surface area contributed by atoms with Crippen molar-refractivity contribution in [1.82, 2.24) is 0 Å². The zero-order valence-corrected chi connectivity index (χ0v) is 24.5. The number of unbranched alkanes of at least 4 members (excludes halogenated alkanes) is 6. The van der Waals surface area contributed by atoms with E-state index in [0.717, 1.165) is 77.0 Å². The first-order chi connectivity index (χ1) is 14.5. The van der Waals surface area contributed by atoms with E-state index in [0.29, 0.717) is 0 Å². The van der Waals surface area contributed by atoms with Crippen LogP contribution in [0.4, 0.5) is 0 Å². The molecule has 0 aromatic carbocycles. The maximum absolute atomic E-state index is 9.53. The van der Waals surface area contributed by atoms with Crippen LogP contribution in [0.5, 0.6) is 0 Å². The van der Waals surface area contributed by atoms with Crippen LogP contribution in [0.15, 0.2) is 0 Å². The number of hydrogen-bond acceptors (Lipinski definition) is 6. The van der Waals surface area contributed by atoms with Crippen molar-refractivity contribution in [3.8, 4) is 0 Å². The summed E-state index contributed by atoms with van der Waals surface area (Å²) in [6.07, 6.45) is 11.2. The minimum atomic E-state index is 0. The van der Waals surface area contributed by atoms with E-state index < -0.39 is 0 Å². The monoisotopic (exact) mass is 622 g/mol. The molecule has 0 heterocycles. The Balaban J connectivity index is -0.0000000443. The number of hydrogen-bond donors (Lipinski definition) is 0. The maximum Gasteiger partial charge on any atom is 0 e. The Hall–Kier alpha value is 0.448. The van der Waals surface area contributed by atoms with Crippen LogP contribution in [0.25, 0.3) is 0 Å². The molecule has 0 fully saturated rings. The molecule has 0 aromatic heterocycles. The Bertz CT molecular complexity index is 120. The van der Waals surface area contributed by atoms with Gasteiger partial charge in [-0.3, -0.25) is 0 Å². The van der Waals surface area contributed by atoms with Crippen molar-refractivity contribution < 1.29 is 51.7 Å². The zero-order chi connectivity index (χ0) is 24.7. The summed E-state index contributed by atoms with van der Waals surface area (Å²) in [7, 11) is 0. The summed E-state index contributed by atoms with van der Waals surface area (Å²) in [4.78, 5) is 0. The fourth-order valence-corrected chi connectivity index (χ4v) is 0.866. The van der Waals surface area contributed by atoms with Gasteiger partial charge < -0.3 is 30.6 Å². The minimum absolute atomic E-state index is 0.